The average Bonchev–Trinajstić information content (AvgIpc) is 3.32. The first-order valence-corrected chi connectivity index (χ1v) is 10.9. The number of carbonyl (C=O) groups excluding carboxylic acids is 1. The Morgan fingerprint density at radius 2 is 2.00 bits per heavy atom. The third kappa shape index (κ3) is 4.83. The van der Waals surface area contributed by atoms with Crippen LogP contribution in [0, 0.1) is 6.92 Å². The monoisotopic (exact) mass is 420 g/mol. The summed E-state index contributed by atoms with van der Waals surface area (Å²) in [5.74, 6) is 0.428. The fraction of sp³-hybridized carbons (Fsp3) is 0.278. The van der Waals surface area contributed by atoms with E-state index in [1.165, 1.54) is 17.4 Å². The van der Waals surface area contributed by atoms with Crippen molar-refractivity contribution >= 4 is 27.3 Å². The zero-order valence-corrected chi connectivity index (χ0v) is 17.1. The normalized spacial score (nSPS) is 11.5. The molecule has 1 aromatic carbocycles. The summed E-state index contributed by atoms with van der Waals surface area (Å²) in [6.45, 7) is 3.57. The summed E-state index contributed by atoms with van der Waals surface area (Å²) >= 11 is 1.26. The number of rotatable bonds is 8. The Morgan fingerprint density at radius 1 is 1.25 bits per heavy atom. The Bertz CT molecular complexity index is 1060. The van der Waals surface area contributed by atoms with Gasteiger partial charge in [0, 0.05) is 17.8 Å². The molecule has 0 saturated heterocycles. The molecule has 10 heteroatoms. The summed E-state index contributed by atoms with van der Waals surface area (Å²) in [6.07, 6.45) is 0.599. The van der Waals surface area contributed by atoms with Gasteiger partial charge in [-0.1, -0.05) is 42.4 Å². The number of benzene rings is 1. The topological polar surface area (TPSA) is 114 Å². The Hall–Kier alpha value is -2.56. The smallest absolute Gasteiger partial charge is 0.242 e. The number of hydrogen-bond acceptors (Lipinski definition) is 7. The first-order chi connectivity index (χ1) is 13.4. The zero-order valence-electron chi connectivity index (χ0n) is 15.4. The number of amides is 1. The van der Waals surface area contributed by atoms with E-state index in [9.17, 15) is 13.2 Å². The summed E-state index contributed by atoms with van der Waals surface area (Å²) in [7, 11) is -3.84. The summed E-state index contributed by atoms with van der Waals surface area (Å²) in [4.78, 5) is 17.5. The standard InChI is InChI=1S/C18H20N4O4S2/c1-3-17-21-18(22-26-17)14-9-15(12(2)27-14)28(24,25)20-11-16(23)19-10-13-7-5-4-6-8-13/h4-9,20H,3,10-11H2,1-2H3,(H,19,23). The van der Waals surface area contributed by atoms with Crippen LogP contribution < -0.4 is 10.0 Å². The minimum atomic E-state index is -3.84. The predicted octanol–water partition coefficient (Wildman–Crippen LogP) is 2.26. The lowest BCUT2D eigenvalue weighted by atomic mass is 10.2. The van der Waals surface area contributed by atoms with Gasteiger partial charge in [0.25, 0.3) is 0 Å². The van der Waals surface area contributed by atoms with Crippen LogP contribution in [0.4, 0.5) is 0 Å². The second-order valence-electron chi connectivity index (χ2n) is 5.98. The van der Waals surface area contributed by atoms with Gasteiger partial charge in [-0.25, -0.2) is 13.1 Å². The number of hydrogen-bond donors (Lipinski definition) is 2. The first kappa shape index (κ1) is 20.2. The number of carbonyl (C=O) groups is 1. The molecule has 3 aromatic rings. The van der Waals surface area contributed by atoms with Gasteiger partial charge in [0.2, 0.25) is 27.6 Å². The summed E-state index contributed by atoms with van der Waals surface area (Å²) in [5, 5.41) is 6.55. The van der Waals surface area contributed by atoms with Gasteiger partial charge in [-0.05, 0) is 18.6 Å². The Labute approximate surface area is 167 Å². The number of thiophene rings is 1. The van der Waals surface area contributed by atoms with E-state index in [4.69, 9.17) is 4.52 Å². The van der Waals surface area contributed by atoms with Crippen LogP contribution >= 0.6 is 11.3 Å². The van der Waals surface area contributed by atoms with E-state index in [0.717, 1.165) is 5.56 Å². The van der Waals surface area contributed by atoms with E-state index in [1.54, 1.807) is 6.92 Å². The van der Waals surface area contributed by atoms with Gasteiger partial charge >= 0.3 is 0 Å². The lowest BCUT2D eigenvalue weighted by Gasteiger charge is -2.07. The molecule has 0 aliphatic carbocycles. The van der Waals surface area contributed by atoms with Crippen molar-refractivity contribution in [2.75, 3.05) is 6.54 Å². The molecule has 148 valence electrons. The molecule has 2 heterocycles. The highest BCUT2D eigenvalue weighted by Crippen LogP contribution is 2.31. The van der Waals surface area contributed by atoms with Gasteiger partial charge in [0.15, 0.2) is 0 Å². The predicted molar refractivity (Wildman–Crippen MR) is 105 cm³/mol. The van der Waals surface area contributed by atoms with Crippen LogP contribution in [-0.2, 0) is 27.8 Å². The van der Waals surface area contributed by atoms with Crippen LogP contribution in [0.15, 0.2) is 45.8 Å². The van der Waals surface area contributed by atoms with Crippen molar-refractivity contribution in [3.63, 3.8) is 0 Å². The van der Waals surface area contributed by atoms with Crippen molar-refractivity contribution in [3.8, 4) is 10.7 Å². The minimum absolute atomic E-state index is 0.103. The highest BCUT2D eigenvalue weighted by Gasteiger charge is 2.22. The molecule has 8 nitrogen and oxygen atoms in total. The zero-order chi connectivity index (χ0) is 20.1. The fourth-order valence-electron chi connectivity index (χ4n) is 2.44. The van der Waals surface area contributed by atoms with E-state index in [2.05, 4.69) is 20.2 Å². The molecule has 0 saturated carbocycles. The molecule has 1 amide bonds. The van der Waals surface area contributed by atoms with Crippen molar-refractivity contribution < 1.29 is 17.7 Å². The summed E-state index contributed by atoms with van der Waals surface area (Å²) in [6, 6.07) is 10.9. The summed E-state index contributed by atoms with van der Waals surface area (Å²) < 4.78 is 32.6. The number of aromatic nitrogens is 2. The molecule has 28 heavy (non-hydrogen) atoms. The first-order valence-electron chi connectivity index (χ1n) is 8.62. The van der Waals surface area contributed by atoms with Crippen molar-refractivity contribution in [1.82, 2.24) is 20.2 Å². The lowest BCUT2D eigenvalue weighted by Crippen LogP contribution is -2.36. The molecule has 3 rings (SSSR count). The maximum Gasteiger partial charge on any atom is 0.242 e. The van der Waals surface area contributed by atoms with Crippen molar-refractivity contribution in [3.05, 3.63) is 52.7 Å². The second kappa shape index (κ2) is 8.63. The van der Waals surface area contributed by atoms with Gasteiger partial charge in [0.1, 0.15) is 0 Å². The Kier molecular flexibility index (Phi) is 6.22. The van der Waals surface area contributed by atoms with E-state index in [1.807, 2.05) is 37.3 Å². The van der Waals surface area contributed by atoms with Crippen molar-refractivity contribution in [1.29, 1.82) is 0 Å². The molecule has 0 fully saturated rings. The van der Waals surface area contributed by atoms with Gasteiger partial charge < -0.3 is 9.84 Å². The van der Waals surface area contributed by atoms with Crippen molar-refractivity contribution in [2.45, 2.75) is 31.7 Å². The van der Waals surface area contributed by atoms with Crippen LogP contribution in [0.3, 0.4) is 0 Å². The average molecular weight is 421 g/mol. The number of sulfonamides is 1. The maximum atomic E-state index is 12.6. The van der Waals surface area contributed by atoms with Crippen LogP contribution in [0.5, 0.6) is 0 Å². The summed E-state index contributed by atoms with van der Waals surface area (Å²) in [5.41, 5.74) is 0.934. The lowest BCUT2D eigenvalue weighted by molar-refractivity contribution is -0.120. The van der Waals surface area contributed by atoms with Crippen LogP contribution in [-0.4, -0.2) is 31.0 Å². The quantitative estimate of drug-likeness (QED) is 0.578. The van der Waals surface area contributed by atoms with Gasteiger partial charge in [-0.15, -0.1) is 11.3 Å². The molecule has 0 aliphatic rings. The SMILES string of the molecule is CCc1nc(-c2cc(S(=O)(=O)NCC(=O)NCc3ccccc3)c(C)s2)no1. The Morgan fingerprint density at radius 3 is 2.68 bits per heavy atom. The third-order valence-electron chi connectivity index (χ3n) is 3.91. The minimum Gasteiger partial charge on any atom is -0.351 e. The van der Waals surface area contributed by atoms with E-state index in [0.29, 0.717) is 34.4 Å². The van der Waals surface area contributed by atoms with Gasteiger partial charge in [-0.2, -0.15) is 4.98 Å². The molecule has 0 spiro atoms. The number of nitrogens with zero attached hydrogens (tertiary/aromatic N) is 2. The molecular weight excluding hydrogens is 400 g/mol. The maximum absolute atomic E-state index is 12.6. The third-order valence-corrected chi connectivity index (χ3v) is 6.61. The molecule has 2 aromatic heterocycles. The van der Waals surface area contributed by atoms with Crippen molar-refractivity contribution in [2.24, 2.45) is 0 Å². The molecule has 0 unspecified atom stereocenters. The molecule has 2 N–H and O–H groups in total. The highest BCUT2D eigenvalue weighted by atomic mass is 32.2. The molecular formula is C18H20N4O4S2. The fourth-order valence-corrected chi connectivity index (χ4v) is 4.94. The number of aryl methyl sites for hydroxylation is 2. The molecule has 0 radical (unpaired) electrons. The Balaban J connectivity index is 1.63. The molecule has 0 atom stereocenters. The van der Waals surface area contributed by atoms with Gasteiger partial charge in [-0.3, -0.25) is 4.79 Å². The number of nitrogens with one attached hydrogen (secondary N) is 2. The second-order valence-corrected chi connectivity index (χ2v) is 8.97. The van der Waals surface area contributed by atoms with Crippen LogP contribution in [0.2, 0.25) is 0 Å². The van der Waals surface area contributed by atoms with Crippen LogP contribution in [0.1, 0.15) is 23.3 Å². The van der Waals surface area contributed by atoms with Crippen LogP contribution in [0.25, 0.3) is 10.7 Å². The highest BCUT2D eigenvalue weighted by molar-refractivity contribution is 7.89. The van der Waals surface area contributed by atoms with E-state index in [-0.39, 0.29) is 11.4 Å². The molecule has 0 aliphatic heterocycles. The largest absolute Gasteiger partial charge is 0.351 e. The van der Waals surface area contributed by atoms with E-state index >= 15 is 0 Å². The van der Waals surface area contributed by atoms with Gasteiger partial charge in [0.05, 0.1) is 16.3 Å². The molecule has 0 bridgehead atoms. The van der Waals surface area contributed by atoms with E-state index < -0.39 is 15.9 Å².